The lowest BCUT2D eigenvalue weighted by molar-refractivity contribution is 1.24. The summed E-state index contributed by atoms with van der Waals surface area (Å²) in [7, 11) is 0. The topological polar surface area (TPSA) is 23.8 Å². The fourth-order valence-corrected chi connectivity index (χ4v) is 1.92. The highest BCUT2D eigenvalue weighted by molar-refractivity contribution is 9.10. The Bertz CT molecular complexity index is 399. The molecule has 0 radical (unpaired) electrons. The lowest BCUT2D eigenvalue weighted by atomic mass is 10.1. The molecule has 0 saturated heterocycles. The van der Waals surface area contributed by atoms with Crippen LogP contribution in [0.4, 0.5) is 0 Å². The molecule has 0 N–H and O–H groups in total. The van der Waals surface area contributed by atoms with Crippen LogP contribution in [0.25, 0.3) is 6.08 Å². The lowest BCUT2D eigenvalue weighted by Crippen LogP contribution is -1.82. The summed E-state index contributed by atoms with van der Waals surface area (Å²) in [6.07, 6.45) is 2.73. The largest absolute Gasteiger partial charge is 0.193 e. The molecule has 0 heterocycles. The van der Waals surface area contributed by atoms with Crippen molar-refractivity contribution in [2.75, 3.05) is 0 Å². The third-order valence-electron chi connectivity index (χ3n) is 1.99. The molecule has 1 aliphatic carbocycles. The summed E-state index contributed by atoms with van der Waals surface area (Å²) in [5, 5.41) is 8.70. The molecule has 0 amide bonds. The van der Waals surface area contributed by atoms with Crippen LogP contribution in [0.5, 0.6) is 0 Å². The molecule has 0 spiro atoms. The second-order valence-electron chi connectivity index (χ2n) is 2.77. The Morgan fingerprint density at radius 2 is 2.25 bits per heavy atom. The fraction of sp³-hybridized carbons (Fsp3) is 0.100. The first-order valence-corrected chi connectivity index (χ1v) is 4.48. The van der Waals surface area contributed by atoms with E-state index in [1.54, 1.807) is 0 Å². The van der Waals surface area contributed by atoms with E-state index in [2.05, 4.69) is 28.1 Å². The molecule has 0 saturated carbocycles. The highest BCUT2D eigenvalue weighted by atomic mass is 79.9. The van der Waals surface area contributed by atoms with Gasteiger partial charge in [0, 0.05) is 16.5 Å². The summed E-state index contributed by atoms with van der Waals surface area (Å²) in [4.78, 5) is 0. The van der Waals surface area contributed by atoms with Gasteiger partial charge in [-0.2, -0.15) is 5.26 Å². The van der Waals surface area contributed by atoms with Crippen molar-refractivity contribution in [3.63, 3.8) is 0 Å². The molecular formula is C10H6BrN. The van der Waals surface area contributed by atoms with Crippen molar-refractivity contribution >= 4 is 22.0 Å². The number of halogens is 1. The van der Waals surface area contributed by atoms with E-state index >= 15 is 0 Å². The number of allylic oxidation sites excluding steroid dienone is 1. The third-order valence-corrected chi connectivity index (χ3v) is 2.68. The summed E-state index contributed by atoms with van der Waals surface area (Å²) in [6, 6.07) is 8.23. The maximum absolute atomic E-state index is 8.70. The molecule has 12 heavy (non-hydrogen) atoms. The van der Waals surface area contributed by atoms with Gasteiger partial charge in [0.1, 0.15) is 0 Å². The summed E-state index contributed by atoms with van der Waals surface area (Å²) >= 11 is 3.45. The number of rotatable bonds is 0. The number of nitrogens with zero attached hydrogens (tertiary/aromatic N) is 1. The van der Waals surface area contributed by atoms with Crippen LogP contribution >= 0.6 is 15.9 Å². The first-order valence-electron chi connectivity index (χ1n) is 3.69. The van der Waals surface area contributed by atoms with Crippen LogP contribution in [-0.4, -0.2) is 0 Å². The van der Waals surface area contributed by atoms with Crippen molar-refractivity contribution in [2.45, 2.75) is 6.42 Å². The second-order valence-corrected chi connectivity index (χ2v) is 3.63. The molecule has 1 aromatic carbocycles. The zero-order valence-corrected chi connectivity index (χ0v) is 7.93. The number of hydrogen-bond acceptors (Lipinski definition) is 1. The maximum Gasteiger partial charge on any atom is 0.0950 e. The molecular weight excluding hydrogens is 214 g/mol. The van der Waals surface area contributed by atoms with Crippen molar-refractivity contribution in [1.29, 1.82) is 5.26 Å². The van der Waals surface area contributed by atoms with Crippen molar-refractivity contribution in [3.8, 4) is 6.07 Å². The Labute approximate surface area is 79.5 Å². The molecule has 1 nitrogen and oxygen atoms in total. The summed E-state index contributed by atoms with van der Waals surface area (Å²) in [5.41, 5.74) is 3.24. The van der Waals surface area contributed by atoms with Crippen LogP contribution in [0.15, 0.2) is 28.2 Å². The molecule has 1 aliphatic rings. The van der Waals surface area contributed by atoms with Crippen molar-refractivity contribution in [2.24, 2.45) is 0 Å². The van der Waals surface area contributed by atoms with E-state index in [-0.39, 0.29) is 0 Å². The zero-order valence-electron chi connectivity index (χ0n) is 6.34. The van der Waals surface area contributed by atoms with E-state index in [4.69, 9.17) is 5.26 Å². The number of benzene rings is 1. The molecule has 0 fully saturated rings. The van der Waals surface area contributed by atoms with Crippen LogP contribution in [0.1, 0.15) is 11.1 Å². The van der Waals surface area contributed by atoms with Gasteiger partial charge in [-0.25, -0.2) is 0 Å². The predicted octanol–water partition coefficient (Wildman–Crippen LogP) is 2.91. The molecule has 0 atom stereocenters. The number of hydrogen-bond donors (Lipinski definition) is 0. The van der Waals surface area contributed by atoms with E-state index in [1.165, 1.54) is 5.56 Å². The van der Waals surface area contributed by atoms with Gasteiger partial charge in [-0.3, -0.25) is 0 Å². The predicted molar refractivity (Wildman–Crippen MR) is 51.4 cm³/mol. The Hall–Kier alpha value is -1.07. The summed E-state index contributed by atoms with van der Waals surface area (Å²) in [5.74, 6) is 0. The number of fused-ring (bicyclic) bond motifs is 1. The van der Waals surface area contributed by atoms with Gasteiger partial charge < -0.3 is 0 Å². The van der Waals surface area contributed by atoms with E-state index in [0.29, 0.717) is 0 Å². The Morgan fingerprint density at radius 3 is 2.92 bits per heavy atom. The van der Waals surface area contributed by atoms with Gasteiger partial charge in [0.2, 0.25) is 0 Å². The molecule has 0 bridgehead atoms. The van der Waals surface area contributed by atoms with Gasteiger partial charge in [-0.15, -0.1) is 0 Å². The van der Waals surface area contributed by atoms with Crippen LogP contribution in [0.2, 0.25) is 0 Å². The van der Waals surface area contributed by atoms with Crippen LogP contribution in [-0.2, 0) is 6.42 Å². The van der Waals surface area contributed by atoms with Crippen molar-refractivity contribution < 1.29 is 0 Å². The molecule has 2 rings (SSSR count). The third kappa shape index (κ3) is 1.07. The Morgan fingerprint density at radius 1 is 1.42 bits per heavy atom. The SMILES string of the molecule is N#CC1=Cc2c(Br)cccc2C1. The summed E-state index contributed by atoms with van der Waals surface area (Å²) in [6.45, 7) is 0. The highest BCUT2D eigenvalue weighted by Gasteiger charge is 2.13. The molecule has 1 aromatic rings. The average molecular weight is 220 g/mol. The molecule has 0 aliphatic heterocycles. The summed E-state index contributed by atoms with van der Waals surface area (Å²) < 4.78 is 1.07. The normalized spacial score (nSPS) is 13.5. The Balaban J connectivity index is 2.57. The number of nitriles is 1. The van der Waals surface area contributed by atoms with Crippen molar-refractivity contribution in [1.82, 2.24) is 0 Å². The second kappa shape index (κ2) is 2.76. The smallest absolute Gasteiger partial charge is 0.0950 e. The quantitative estimate of drug-likeness (QED) is 0.659. The van der Waals surface area contributed by atoms with Gasteiger partial charge in [-0.1, -0.05) is 28.1 Å². The van der Waals surface area contributed by atoms with Gasteiger partial charge >= 0.3 is 0 Å². The zero-order chi connectivity index (χ0) is 8.55. The van der Waals surface area contributed by atoms with E-state index in [0.717, 1.165) is 22.0 Å². The van der Waals surface area contributed by atoms with Gasteiger partial charge in [0.25, 0.3) is 0 Å². The molecule has 0 unspecified atom stereocenters. The fourth-order valence-electron chi connectivity index (χ4n) is 1.40. The minimum atomic E-state index is 0.783. The average Bonchev–Trinajstić information content (AvgIpc) is 2.49. The maximum atomic E-state index is 8.70. The van der Waals surface area contributed by atoms with Gasteiger partial charge in [0.15, 0.2) is 0 Å². The van der Waals surface area contributed by atoms with E-state index in [1.807, 2.05) is 18.2 Å². The lowest BCUT2D eigenvalue weighted by Gasteiger charge is -1.98. The van der Waals surface area contributed by atoms with E-state index in [9.17, 15) is 0 Å². The van der Waals surface area contributed by atoms with Crippen LogP contribution in [0, 0.1) is 11.3 Å². The monoisotopic (exact) mass is 219 g/mol. The molecule has 58 valence electrons. The first-order chi connectivity index (χ1) is 5.81. The van der Waals surface area contributed by atoms with Gasteiger partial charge in [0.05, 0.1) is 6.07 Å². The van der Waals surface area contributed by atoms with Crippen LogP contribution in [0.3, 0.4) is 0 Å². The first kappa shape index (κ1) is 7.57. The minimum Gasteiger partial charge on any atom is -0.193 e. The molecule has 0 aromatic heterocycles. The highest BCUT2D eigenvalue weighted by Crippen LogP contribution is 2.30. The van der Waals surface area contributed by atoms with E-state index < -0.39 is 0 Å². The van der Waals surface area contributed by atoms with Crippen LogP contribution < -0.4 is 0 Å². The minimum absolute atomic E-state index is 0.783. The van der Waals surface area contributed by atoms with Gasteiger partial charge in [-0.05, 0) is 23.3 Å². The van der Waals surface area contributed by atoms with Crippen molar-refractivity contribution in [3.05, 3.63) is 39.4 Å². The standard InChI is InChI=1S/C10H6BrN/c11-10-3-1-2-8-4-7(6-12)5-9(8)10/h1-3,5H,4H2. The molecule has 2 heteroatoms. The Kier molecular flexibility index (Phi) is 1.74.